The predicted molar refractivity (Wildman–Crippen MR) is 114 cm³/mol. The third kappa shape index (κ3) is 5.37. The summed E-state index contributed by atoms with van der Waals surface area (Å²) in [5, 5.41) is 2.86. The molecule has 1 saturated heterocycles. The van der Waals surface area contributed by atoms with Crippen LogP contribution in [0.15, 0.2) is 48.5 Å². The van der Waals surface area contributed by atoms with Gasteiger partial charge in [0.15, 0.2) is 0 Å². The molecule has 1 heterocycles. The maximum Gasteiger partial charge on any atom is 0.314 e. The van der Waals surface area contributed by atoms with Gasteiger partial charge in [-0.2, -0.15) is 0 Å². The van der Waals surface area contributed by atoms with E-state index < -0.39 is 29.9 Å². The molecule has 3 N–H and O–H groups in total. The second kappa shape index (κ2) is 9.43. The van der Waals surface area contributed by atoms with Gasteiger partial charge in [0, 0.05) is 24.3 Å². The number of carbonyl (C=O) groups excluding carboxylic acids is 3. The van der Waals surface area contributed by atoms with Crippen molar-refractivity contribution in [3.8, 4) is 0 Å². The molecule has 2 aromatic carbocycles. The molecule has 158 valence electrons. The van der Waals surface area contributed by atoms with Crippen LogP contribution in [0.25, 0.3) is 0 Å². The van der Waals surface area contributed by atoms with Crippen molar-refractivity contribution in [2.45, 2.75) is 32.8 Å². The minimum Gasteiger partial charge on any atom is -0.447 e. The molecule has 0 aliphatic carbocycles. The summed E-state index contributed by atoms with van der Waals surface area (Å²) in [6.07, 6.45) is 0.152. The Morgan fingerprint density at radius 1 is 1.10 bits per heavy atom. The highest BCUT2D eigenvalue weighted by atomic mass is 16.5. The number of hydrogen-bond acceptors (Lipinski definition) is 4. The summed E-state index contributed by atoms with van der Waals surface area (Å²) in [4.78, 5) is 38.8. The summed E-state index contributed by atoms with van der Waals surface area (Å²) in [5.74, 6) is -1.45. The molecule has 0 bridgehead atoms. The summed E-state index contributed by atoms with van der Waals surface area (Å²) in [7, 11) is 0. The van der Waals surface area contributed by atoms with Gasteiger partial charge in [-0.25, -0.2) is 4.79 Å². The van der Waals surface area contributed by atoms with E-state index in [1.54, 1.807) is 24.3 Å². The van der Waals surface area contributed by atoms with Gasteiger partial charge in [0.25, 0.3) is 5.91 Å². The number of hydrogen-bond donors (Lipinski definition) is 2. The van der Waals surface area contributed by atoms with Crippen molar-refractivity contribution < 1.29 is 19.1 Å². The molecule has 2 atom stereocenters. The highest BCUT2D eigenvalue weighted by Crippen LogP contribution is 2.25. The standard InChI is InChI=1S/C23H27N3O4/c1-15-11-16(2)13-19(12-15)25-21(27)20(17-7-4-3-5-8-17)30-22(28)18-9-6-10-26(14-18)23(24)29/h3-5,7-8,11-13,18,20H,6,9-10,14H2,1-2H3,(H2,24,29)(H,25,27)/t18-,20-/m1/s1. The summed E-state index contributed by atoms with van der Waals surface area (Å²) >= 11 is 0. The number of rotatable bonds is 5. The van der Waals surface area contributed by atoms with Crippen LogP contribution in [0.2, 0.25) is 0 Å². The fourth-order valence-electron chi connectivity index (χ4n) is 3.74. The Morgan fingerprint density at radius 2 is 1.77 bits per heavy atom. The minimum atomic E-state index is -1.09. The second-order valence-electron chi connectivity index (χ2n) is 7.72. The Bertz CT molecular complexity index is 909. The van der Waals surface area contributed by atoms with Crippen molar-refractivity contribution in [3.63, 3.8) is 0 Å². The number of nitrogens with two attached hydrogens (primary N) is 1. The van der Waals surface area contributed by atoms with Gasteiger partial charge in [0.05, 0.1) is 5.92 Å². The number of anilines is 1. The van der Waals surface area contributed by atoms with E-state index in [9.17, 15) is 14.4 Å². The first kappa shape index (κ1) is 21.4. The first-order valence-corrected chi connectivity index (χ1v) is 10.0. The van der Waals surface area contributed by atoms with Crippen molar-refractivity contribution in [1.82, 2.24) is 4.90 Å². The molecule has 0 radical (unpaired) electrons. The number of nitrogens with zero attached hydrogens (tertiary/aromatic N) is 1. The molecule has 1 aliphatic rings. The van der Waals surface area contributed by atoms with E-state index in [1.807, 2.05) is 38.1 Å². The lowest BCUT2D eigenvalue weighted by molar-refractivity contribution is -0.160. The number of amides is 3. The van der Waals surface area contributed by atoms with Crippen LogP contribution in [0, 0.1) is 19.8 Å². The van der Waals surface area contributed by atoms with Gasteiger partial charge in [0.2, 0.25) is 6.10 Å². The maximum atomic E-state index is 13.1. The maximum absolute atomic E-state index is 13.1. The quantitative estimate of drug-likeness (QED) is 0.740. The van der Waals surface area contributed by atoms with Crippen molar-refractivity contribution in [3.05, 3.63) is 65.2 Å². The first-order valence-electron chi connectivity index (χ1n) is 10.0. The Labute approximate surface area is 176 Å². The van der Waals surface area contributed by atoms with Crippen LogP contribution < -0.4 is 11.1 Å². The van der Waals surface area contributed by atoms with Crippen LogP contribution in [0.5, 0.6) is 0 Å². The molecule has 7 heteroatoms. The Balaban J connectivity index is 1.78. The van der Waals surface area contributed by atoms with Gasteiger partial charge in [-0.1, -0.05) is 36.4 Å². The predicted octanol–water partition coefficient (Wildman–Crippen LogP) is 3.32. The third-order valence-electron chi connectivity index (χ3n) is 5.13. The number of likely N-dealkylation sites (tertiary alicyclic amines) is 1. The zero-order valence-electron chi connectivity index (χ0n) is 17.3. The average Bonchev–Trinajstić information content (AvgIpc) is 2.71. The Kier molecular flexibility index (Phi) is 6.72. The molecule has 1 aliphatic heterocycles. The van der Waals surface area contributed by atoms with Crippen molar-refractivity contribution >= 4 is 23.6 Å². The van der Waals surface area contributed by atoms with Crippen molar-refractivity contribution in [2.75, 3.05) is 18.4 Å². The largest absolute Gasteiger partial charge is 0.447 e. The molecule has 3 rings (SSSR count). The summed E-state index contributed by atoms with van der Waals surface area (Å²) < 4.78 is 5.67. The Morgan fingerprint density at radius 3 is 2.40 bits per heavy atom. The molecule has 0 spiro atoms. The van der Waals surface area contributed by atoms with Crippen LogP contribution in [-0.4, -0.2) is 35.9 Å². The van der Waals surface area contributed by atoms with E-state index in [1.165, 1.54) is 4.90 Å². The number of piperidine rings is 1. The number of primary amides is 1. The molecule has 7 nitrogen and oxygen atoms in total. The van der Waals surface area contributed by atoms with Crippen molar-refractivity contribution in [2.24, 2.45) is 11.7 Å². The lowest BCUT2D eigenvalue weighted by Gasteiger charge is -2.31. The number of nitrogens with one attached hydrogen (secondary N) is 1. The fraction of sp³-hybridized carbons (Fsp3) is 0.348. The lowest BCUT2D eigenvalue weighted by atomic mass is 9.98. The molecule has 0 aromatic heterocycles. The molecule has 30 heavy (non-hydrogen) atoms. The van der Waals surface area contributed by atoms with E-state index in [4.69, 9.17) is 10.5 Å². The van der Waals surface area contributed by atoms with Gasteiger partial charge < -0.3 is 20.7 Å². The summed E-state index contributed by atoms with van der Waals surface area (Å²) in [6, 6.07) is 14.1. The highest BCUT2D eigenvalue weighted by molar-refractivity contribution is 5.96. The van der Waals surface area contributed by atoms with E-state index >= 15 is 0 Å². The van der Waals surface area contributed by atoms with Crippen LogP contribution in [-0.2, 0) is 14.3 Å². The van der Waals surface area contributed by atoms with Crippen LogP contribution in [0.1, 0.15) is 35.6 Å². The number of urea groups is 1. The van der Waals surface area contributed by atoms with Crippen LogP contribution in [0.4, 0.5) is 10.5 Å². The lowest BCUT2D eigenvalue weighted by Crippen LogP contribution is -2.45. The van der Waals surface area contributed by atoms with Gasteiger partial charge in [-0.15, -0.1) is 0 Å². The van der Waals surface area contributed by atoms with Gasteiger partial charge >= 0.3 is 12.0 Å². The van der Waals surface area contributed by atoms with E-state index in [2.05, 4.69) is 5.32 Å². The molecule has 0 saturated carbocycles. The fourth-order valence-corrected chi connectivity index (χ4v) is 3.74. The Hall–Kier alpha value is -3.35. The number of aryl methyl sites for hydroxylation is 2. The van der Waals surface area contributed by atoms with Gasteiger partial charge in [-0.3, -0.25) is 9.59 Å². The zero-order chi connectivity index (χ0) is 21.7. The number of ether oxygens (including phenoxy) is 1. The van der Waals surface area contributed by atoms with Gasteiger partial charge in [0.1, 0.15) is 0 Å². The molecule has 2 aromatic rings. The molecular weight excluding hydrogens is 382 g/mol. The van der Waals surface area contributed by atoms with Crippen LogP contribution in [0.3, 0.4) is 0 Å². The molecule has 3 amide bonds. The molecule has 0 unspecified atom stereocenters. The normalized spacial score (nSPS) is 17.1. The SMILES string of the molecule is Cc1cc(C)cc(NC(=O)[C@H](OC(=O)[C@@H]2CCCN(C(N)=O)C2)c2ccccc2)c1. The average molecular weight is 409 g/mol. The van der Waals surface area contributed by atoms with Gasteiger partial charge in [-0.05, 0) is 49.9 Å². The minimum absolute atomic E-state index is 0.203. The number of esters is 1. The monoisotopic (exact) mass is 409 g/mol. The smallest absolute Gasteiger partial charge is 0.314 e. The number of carbonyl (C=O) groups is 3. The van der Waals surface area contributed by atoms with E-state index in [-0.39, 0.29) is 6.54 Å². The van der Waals surface area contributed by atoms with E-state index in [0.717, 1.165) is 11.1 Å². The summed E-state index contributed by atoms with van der Waals surface area (Å²) in [5.41, 5.74) is 8.62. The molecule has 1 fully saturated rings. The third-order valence-corrected chi connectivity index (χ3v) is 5.13. The van der Waals surface area contributed by atoms with Crippen molar-refractivity contribution in [1.29, 1.82) is 0 Å². The number of benzene rings is 2. The first-order chi connectivity index (χ1) is 14.3. The van der Waals surface area contributed by atoms with Crippen LogP contribution >= 0.6 is 0 Å². The topological polar surface area (TPSA) is 102 Å². The highest BCUT2D eigenvalue weighted by Gasteiger charge is 2.33. The summed E-state index contributed by atoms with van der Waals surface area (Å²) in [6.45, 7) is 4.62. The zero-order valence-corrected chi connectivity index (χ0v) is 17.3. The molecular formula is C23H27N3O4. The second-order valence-corrected chi connectivity index (χ2v) is 7.72. The van der Waals surface area contributed by atoms with E-state index in [0.29, 0.717) is 30.6 Å².